The molecule has 1 N–H and O–H groups in total. The van der Waals surface area contributed by atoms with Gasteiger partial charge < -0.3 is 10.1 Å². The molecular formula is C19H17FN2O4. The van der Waals surface area contributed by atoms with Crippen LogP contribution in [0.5, 0.6) is 5.75 Å². The molecule has 1 aliphatic rings. The van der Waals surface area contributed by atoms with Gasteiger partial charge >= 0.3 is 6.03 Å². The lowest BCUT2D eigenvalue weighted by molar-refractivity contribution is -0.130. The zero-order valence-electron chi connectivity index (χ0n) is 14.3. The standard InChI is InChI=1S/C19H17FN2O4/c1-19(13-6-4-3-5-7-13)17(24)22(18(25)21-19)11-15(23)12-8-9-16(26-2)14(20)10-12/h3-10H,11H2,1-2H3,(H,21,25)/t19-/m0/s1. The van der Waals surface area contributed by atoms with Crippen LogP contribution in [0.4, 0.5) is 9.18 Å². The largest absolute Gasteiger partial charge is 0.494 e. The Morgan fingerprint density at radius 2 is 1.88 bits per heavy atom. The minimum atomic E-state index is -1.25. The Hall–Kier alpha value is -3.22. The van der Waals surface area contributed by atoms with E-state index in [1.807, 2.05) is 0 Å². The molecule has 2 aromatic carbocycles. The van der Waals surface area contributed by atoms with Crippen LogP contribution in [-0.4, -0.2) is 36.3 Å². The third kappa shape index (κ3) is 2.92. The van der Waals surface area contributed by atoms with Crippen molar-refractivity contribution < 1.29 is 23.5 Å². The Bertz CT molecular complexity index is 884. The van der Waals surface area contributed by atoms with E-state index in [0.29, 0.717) is 5.56 Å². The number of hydrogen-bond donors (Lipinski definition) is 1. The number of carbonyl (C=O) groups excluding carboxylic acids is 3. The van der Waals surface area contributed by atoms with Crippen LogP contribution in [0.25, 0.3) is 0 Å². The number of ether oxygens (including phenoxy) is 1. The first-order valence-corrected chi connectivity index (χ1v) is 7.93. The van der Waals surface area contributed by atoms with Gasteiger partial charge in [-0.05, 0) is 30.7 Å². The summed E-state index contributed by atoms with van der Waals surface area (Å²) < 4.78 is 18.6. The number of nitrogens with zero attached hydrogens (tertiary/aromatic N) is 1. The highest BCUT2D eigenvalue weighted by Crippen LogP contribution is 2.29. The van der Waals surface area contributed by atoms with Crippen molar-refractivity contribution in [3.8, 4) is 5.75 Å². The number of urea groups is 1. The normalized spacial score (nSPS) is 19.4. The average molecular weight is 356 g/mol. The molecule has 134 valence electrons. The second-order valence-electron chi connectivity index (χ2n) is 6.08. The molecule has 0 unspecified atom stereocenters. The molecule has 7 heteroatoms. The maximum Gasteiger partial charge on any atom is 0.325 e. The fourth-order valence-corrected chi connectivity index (χ4v) is 2.88. The second-order valence-corrected chi connectivity index (χ2v) is 6.08. The third-order valence-corrected chi connectivity index (χ3v) is 4.40. The number of rotatable bonds is 5. The van der Waals surface area contributed by atoms with Crippen LogP contribution in [0.2, 0.25) is 0 Å². The fraction of sp³-hybridized carbons (Fsp3) is 0.211. The summed E-state index contributed by atoms with van der Waals surface area (Å²) in [4.78, 5) is 38.3. The summed E-state index contributed by atoms with van der Waals surface area (Å²) in [7, 11) is 1.32. The fourth-order valence-electron chi connectivity index (χ4n) is 2.88. The van der Waals surface area contributed by atoms with Crippen molar-refractivity contribution in [2.45, 2.75) is 12.5 Å². The molecule has 3 rings (SSSR count). The average Bonchev–Trinajstić information content (AvgIpc) is 2.86. The van der Waals surface area contributed by atoms with Gasteiger partial charge in [0.2, 0.25) is 0 Å². The van der Waals surface area contributed by atoms with E-state index in [1.54, 1.807) is 37.3 Å². The van der Waals surface area contributed by atoms with E-state index < -0.39 is 35.6 Å². The van der Waals surface area contributed by atoms with E-state index in [2.05, 4.69) is 5.32 Å². The lowest BCUT2D eigenvalue weighted by atomic mass is 9.92. The van der Waals surface area contributed by atoms with Crippen molar-refractivity contribution in [3.05, 3.63) is 65.5 Å². The summed E-state index contributed by atoms with van der Waals surface area (Å²) in [5.41, 5.74) is -0.579. The first kappa shape index (κ1) is 17.6. The monoisotopic (exact) mass is 356 g/mol. The number of imide groups is 1. The van der Waals surface area contributed by atoms with Crippen LogP contribution in [0.3, 0.4) is 0 Å². The molecule has 1 saturated heterocycles. The van der Waals surface area contributed by atoms with Gasteiger partial charge in [-0.1, -0.05) is 30.3 Å². The van der Waals surface area contributed by atoms with Crippen molar-refractivity contribution in [3.63, 3.8) is 0 Å². The van der Waals surface area contributed by atoms with Crippen molar-refractivity contribution in [2.75, 3.05) is 13.7 Å². The first-order valence-electron chi connectivity index (χ1n) is 7.93. The van der Waals surface area contributed by atoms with Gasteiger partial charge in [0, 0.05) is 5.56 Å². The molecule has 3 amide bonds. The van der Waals surface area contributed by atoms with Gasteiger partial charge in [-0.3, -0.25) is 14.5 Å². The number of amides is 3. The third-order valence-electron chi connectivity index (χ3n) is 4.40. The molecular weight excluding hydrogens is 339 g/mol. The predicted molar refractivity (Wildman–Crippen MR) is 91.3 cm³/mol. The van der Waals surface area contributed by atoms with E-state index in [9.17, 15) is 18.8 Å². The minimum absolute atomic E-state index is 0.00759. The van der Waals surface area contributed by atoms with Gasteiger partial charge in [-0.15, -0.1) is 0 Å². The highest BCUT2D eigenvalue weighted by molar-refractivity contribution is 6.11. The molecule has 1 atom stereocenters. The number of carbonyl (C=O) groups is 3. The van der Waals surface area contributed by atoms with Gasteiger partial charge in [-0.2, -0.15) is 0 Å². The molecule has 6 nitrogen and oxygen atoms in total. The van der Waals surface area contributed by atoms with Gasteiger partial charge in [-0.25, -0.2) is 9.18 Å². The zero-order valence-corrected chi connectivity index (χ0v) is 14.3. The molecule has 1 fully saturated rings. The zero-order chi connectivity index (χ0) is 18.9. The molecule has 26 heavy (non-hydrogen) atoms. The summed E-state index contributed by atoms with van der Waals surface area (Å²) in [6.07, 6.45) is 0. The topological polar surface area (TPSA) is 75.7 Å². The summed E-state index contributed by atoms with van der Waals surface area (Å²) in [6, 6.07) is 11.8. The molecule has 0 aliphatic carbocycles. The van der Waals surface area contributed by atoms with Crippen LogP contribution in [-0.2, 0) is 10.3 Å². The van der Waals surface area contributed by atoms with E-state index in [0.717, 1.165) is 11.0 Å². The Morgan fingerprint density at radius 1 is 1.19 bits per heavy atom. The Morgan fingerprint density at radius 3 is 2.50 bits per heavy atom. The second kappa shape index (κ2) is 6.59. The van der Waals surface area contributed by atoms with Crippen LogP contribution < -0.4 is 10.1 Å². The van der Waals surface area contributed by atoms with Gasteiger partial charge in [0.15, 0.2) is 17.3 Å². The number of hydrogen-bond acceptors (Lipinski definition) is 4. The number of methoxy groups -OCH3 is 1. The molecule has 0 saturated carbocycles. The highest BCUT2D eigenvalue weighted by atomic mass is 19.1. The van der Waals surface area contributed by atoms with Gasteiger partial charge in [0.25, 0.3) is 5.91 Å². The van der Waals surface area contributed by atoms with E-state index in [-0.39, 0.29) is 11.3 Å². The first-order chi connectivity index (χ1) is 12.4. The van der Waals surface area contributed by atoms with Crippen molar-refractivity contribution in [2.24, 2.45) is 0 Å². The lowest BCUT2D eigenvalue weighted by Gasteiger charge is -2.22. The number of halogens is 1. The molecule has 2 aromatic rings. The van der Waals surface area contributed by atoms with Gasteiger partial charge in [0.05, 0.1) is 13.7 Å². The number of nitrogens with one attached hydrogen (secondary N) is 1. The minimum Gasteiger partial charge on any atom is -0.494 e. The van der Waals surface area contributed by atoms with Crippen LogP contribution in [0, 0.1) is 5.82 Å². The maximum absolute atomic E-state index is 13.8. The molecule has 1 heterocycles. The van der Waals surface area contributed by atoms with Crippen LogP contribution in [0.1, 0.15) is 22.8 Å². The molecule has 0 radical (unpaired) electrons. The predicted octanol–water partition coefficient (Wildman–Crippen LogP) is 2.48. The van der Waals surface area contributed by atoms with E-state index in [1.165, 1.54) is 19.2 Å². The summed E-state index contributed by atoms with van der Waals surface area (Å²) in [5, 5.41) is 2.62. The quantitative estimate of drug-likeness (QED) is 0.660. The van der Waals surface area contributed by atoms with Gasteiger partial charge in [0.1, 0.15) is 5.54 Å². The maximum atomic E-state index is 13.8. The molecule has 0 spiro atoms. The van der Waals surface area contributed by atoms with Crippen LogP contribution >= 0.6 is 0 Å². The number of ketones is 1. The molecule has 1 aliphatic heterocycles. The number of Topliss-reactive ketones (excluding diaryl/α,β-unsaturated/α-hetero) is 1. The Labute approximate surface area is 149 Å². The van der Waals surface area contributed by atoms with Crippen LogP contribution in [0.15, 0.2) is 48.5 Å². The van der Waals surface area contributed by atoms with E-state index in [4.69, 9.17) is 4.74 Å². The highest BCUT2D eigenvalue weighted by Gasteiger charge is 2.49. The lowest BCUT2D eigenvalue weighted by Crippen LogP contribution is -2.41. The van der Waals surface area contributed by atoms with Crippen molar-refractivity contribution in [1.82, 2.24) is 10.2 Å². The summed E-state index contributed by atoms with van der Waals surface area (Å²) in [6.45, 7) is 1.11. The van der Waals surface area contributed by atoms with Crippen molar-refractivity contribution >= 4 is 17.7 Å². The Kier molecular flexibility index (Phi) is 4.46. The van der Waals surface area contributed by atoms with Crippen molar-refractivity contribution in [1.29, 1.82) is 0 Å². The van der Waals surface area contributed by atoms with E-state index >= 15 is 0 Å². The molecule has 0 aromatic heterocycles. The SMILES string of the molecule is COc1ccc(C(=O)CN2C(=O)N[C@@](C)(c3ccccc3)C2=O)cc1F. The summed E-state index contributed by atoms with van der Waals surface area (Å²) in [5.74, 6) is -1.76. The molecule has 0 bridgehead atoms. The summed E-state index contributed by atoms with van der Waals surface area (Å²) >= 11 is 0. The Balaban J connectivity index is 1.82. The smallest absolute Gasteiger partial charge is 0.325 e. The number of benzene rings is 2.